The molecule has 4 rings (SSSR count). The first-order valence-electron chi connectivity index (χ1n) is 11.0. The molecule has 3 aromatic rings. The third kappa shape index (κ3) is 5.43. The van der Waals surface area contributed by atoms with Gasteiger partial charge < -0.3 is 9.64 Å². The van der Waals surface area contributed by atoms with E-state index in [9.17, 15) is 14.4 Å². The second-order valence-electron chi connectivity index (χ2n) is 7.70. The molecule has 33 heavy (non-hydrogen) atoms. The van der Waals surface area contributed by atoms with Crippen LogP contribution in [-0.2, 0) is 20.7 Å². The van der Waals surface area contributed by atoms with Crippen molar-refractivity contribution in [3.63, 3.8) is 0 Å². The Kier molecular flexibility index (Phi) is 7.41. The lowest BCUT2D eigenvalue weighted by molar-refractivity contribution is -0.134. The van der Waals surface area contributed by atoms with Crippen molar-refractivity contribution < 1.29 is 14.3 Å². The molecular formula is C24H26N4O4S. The number of carbonyl (C=O) groups excluding carboxylic acids is 2. The van der Waals surface area contributed by atoms with Crippen molar-refractivity contribution in [1.82, 2.24) is 14.6 Å². The second kappa shape index (κ2) is 10.6. The summed E-state index contributed by atoms with van der Waals surface area (Å²) in [6, 6.07) is 16.3. The molecule has 0 bridgehead atoms. The highest BCUT2D eigenvalue weighted by Gasteiger charge is 2.27. The van der Waals surface area contributed by atoms with Crippen LogP contribution in [-0.4, -0.2) is 57.9 Å². The Morgan fingerprint density at radius 1 is 1.09 bits per heavy atom. The van der Waals surface area contributed by atoms with E-state index < -0.39 is 5.25 Å². The normalized spacial score (nSPS) is 14.8. The molecule has 2 amide bonds. The van der Waals surface area contributed by atoms with E-state index in [1.165, 1.54) is 16.4 Å². The maximum Gasteiger partial charge on any atom is 0.281 e. The number of nitrogens with one attached hydrogen (secondary N) is 1. The van der Waals surface area contributed by atoms with Crippen molar-refractivity contribution in [3.05, 3.63) is 70.5 Å². The Hall–Kier alpha value is -3.17. The molecule has 1 atom stereocenters. The van der Waals surface area contributed by atoms with Gasteiger partial charge in [0.15, 0.2) is 5.16 Å². The Bertz CT molecular complexity index is 1190. The maximum atomic E-state index is 13.3. The highest BCUT2D eigenvalue weighted by molar-refractivity contribution is 8.00. The molecule has 8 nitrogen and oxygen atoms in total. The lowest BCUT2D eigenvalue weighted by atomic mass is 10.1. The van der Waals surface area contributed by atoms with Gasteiger partial charge in [0.1, 0.15) is 0 Å². The topological polar surface area (TPSA) is 93.5 Å². The zero-order valence-corrected chi connectivity index (χ0v) is 19.2. The molecule has 2 heterocycles. The largest absolute Gasteiger partial charge is 0.378 e. The summed E-state index contributed by atoms with van der Waals surface area (Å²) >= 11 is 1.20. The number of aromatic nitrogens is 2. The van der Waals surface area contributed by atoms with E-state index in [4.69, 9.17) is 4.74 Å². The van der Waals surface area contributed by atoms with E-state index in [1.807, 2.05) is 37.3 Å². The number of nitrogens with zero attached hydrogens (tertiary/aromatic N) is 3. The minimum absolute atomic E-state index is 0.0182. The number of rotatable bonds is 7. The number of hydrogen-bond acceptors (Lipinski definition) is 6. The van der Waals surface area contributed by atoms with Crippen LogP contribution in [0.4, 0.5) is 0 Å². The van der Waals surface area contributed by atoms with Gasteiger partial charge in [0.05, 0.1) is 35.8 Å². The number of morpholine rings is 1. The minimum Gasteiger partial charge on any atom is -0.378 e. The van der Waals surface area contributed by atoms with Crippen LogP contribution >= 0.6 is 11.8 Å². The van der Waals surface area contributed by atoms with E-state index in [0.29, 0.717) is 43.6 Å². The number of carbonyl (C=O) groups is 2. The molecule has 0 spiro atoms. The smallest absolute Gasteiger partial charge is 0.281 e. The Balaban J connectivity index is 1.64. The van der Waals surface area contributed by atoms with Gasteiger partial charge in [0.2, 0.25) is 11.8 Å². The minimum atomic E-state index is -0.437. The van der Waals surface area contributed by atoms with Gasteiger partial charge in [-0.2, -0.15) is 4.68 Å². The SMILES string of the molecule is CC[C@@H](Sc1nc2ccccc2c(=O)n1NC(=O)Cc1ccccc1)C(=O)N1CCOCC1. The number of para-hydroxylation sites is 1. The van der Waals surface area contributed by atoms with E-state index in [0.717, 1.165) is 5.56 Å². The van der Waals surface area contributed by atoms with Gasteiger partial charge in [0, 0.05) is 13.1 Å². The zero-order valence-electron chi connectivity index (χ0n) is 18.4. The van der Waals surface area contributed by atoms with Gasteiger partial charge in [0.25, 0.3) is 5.56 Å². The number of ether oxygens (including phenoxy) is 1. The Morgan fingerprint density at radius 3 is 2.52 bits per heavy atom. The van der Waals surface area contributed by atoms with Crippen LogP contribution < -0.4 is 11.0 Å². The highest BCUT2D eigenvalue weighted by Crippen LogP contribution is 2.26. The third-order valence-corrected chi connectivity index (χ3v) is 6.71. The number of hydrogen-bond donors (Lipinski definition) is 1. The predicted octanol–water partition coefficient (Wildman–Crippen LogP) is 2.44. The lowest BCUT2D eigenvalue weighted by Crippen LogP contribution is -2.45. The zero-order chi connectivity index (χ0) is 23.2. The van der Waals surface area contributed by atoms with E-state index in [-0.39, 0.29) is 29.0 Å². The summed E-state index contributed by atoms with van der Waals surface area (Å²) in [5.74, 6) is -0.356. The quantitative estimate of drug-likeness (QED) is 0.425. The summed E-state index contributed by atoms with van der Waals surface area (Å²) in [7, 11) is 0. The van der Waals surface area contributed by atoms with E-state index in [1.54, 1.807) is 29.2 Å². The van der Waals surface area contributed by atoms with Crippen molar-refractivity contribution in [2.45, 2.75) is 30.2 Å². The molecule has 0 radical (unpaired) electrons. The average molecular weight is 467 g/mol. The number of amides is 2. The molecule has 1 aromatic heterocycles. The van der Waals surface area contributed by atoms with E-state index in [2.05, 4.69) is 10.4 Å². The molecule has 0 unspecified atom stereocenters. The number of fused-ring (bicyclic) bond motifs is 1. The van der Waals surface area contributed by atoms with Crippen molar-refractivity contribution in [2.24, 2.45) is 0 Å². The van der Waals surface area contributed by atoms with Gasteiger partial charge in [-0.1, -0.05) is 61.2 Å². The van der Waals surface area contributed by atoms with Gasteiger partial charge in [-0.05, 0) is 24.1 Å². The predicted molar refractivity (Wildman–Crippen MR) is 128 cm³/mol. The Morgan fingerprint density at radius 2 is 1.79 bits per heavy atom. The molecule has 1 fully saturated rings. The first kappa shape index (κ1) is 23.0. The fraction of sp³-hybridized carbons (Fsp3) is 0.333. The third-order valence-electron chi connectivity index (χ3n) is 5.41. The van der Waals surface area contributed by atoms with Crippen LogP contribution in [0.3, 0.4) is 0 Å². The number of benzene rings is 2. The molecule has 172 valence electrons. The van der Waals surface area contributed by atoms with Crippen LogP contribution in [0.1, 0.15) is 18.9 Å². The van der Waals surface area contributed by atoms with Crippen LogP contribution in [0, 0.1) is 0 Å². The molecule has 1 N–H and O–H groups in total. The fourth-order valence-corrected chi connectivity index (χ4v) is 4.71. The molecule has 2 aromatic carbocycles. The highest BCUT2D eigenvalue weighted by atomic mass is 32.2. The molecule has 0 saturated carbocycles. The van der Waals surface area contributed by atoms with Crippen molar-refractivity contribution >= 4 is 34.5 Å². The lowest BCUT2D eigenvalue weighted by Gasteiger charge is -2.30. The molecule has 1 saturated heterocycles. The van der Waals surface area contributed by atoms with Gasteiger partial charge in [-0.3, -0.25) is 19.8 Å². The second-order valence-corrected chi connectivity index (χ2v) is 8.87. The maximum absolute atomic E-state index is 13.3. The Labute approximate surface area is 195 Å². The summed E-state index contributed by atoms with van der Waals surface area (Å²) < 4.78 is 6.53. The van der Waals surface area contributed by atoms with Crippen LogP contribution in [0.15, 0.2) is 64.5 Å². The summed E-state index contributed by atoms with van der Waals surface area (Å²) in [5, 5.41) is 0.247. The van der Waals surface area contributed by atoms with Crippen LogP contribution in [0.25, 0.3) is 10.9 Å². The molecular weight excluding hydrogens is 440 g/mol. The van der Waals surface area contributed by atoms with Crippen LogP contribution in [0.5, 0.6) is 0 Å². The first-order chi connectivity index (χ1) is 16.1. The van der Waals surface area contributed by atoms with Gasteiger partial charge in [-0.15, -0.1) is 0 Å². The standard InChI is InChI=1S/C24H26N4O4S/c1-2-20(23(31)27-12-14-32-15-13-27)33-24-25-19-11-7-6-10-18(19)22(30)28(24)26-21(29)16-17-8-4-3-5-9-17/h3-11,20H,2,12-16H2,1H3,(H,26,29)/t20-/m1/s1. The molecule has 9 heteroatoms. The first-order valence-corrected chi connectivity index (χ1v) is 11.8. The summed E-state index contributed by atoms with van der Waals surface area (Å²) in [6.07, 6.45) is 0.676. The molecule has 1 aliphatic heterocycles. The van der Waals surface area contributed by atoms with Crippen LogP contribution in [0.2, 0.25) is 0 Å². The van der Waals surface area contributed by atoms with Gasteiger partial charge >= 0.3 is 0 Å². The summed E-state index contributed by atoms with van der Waals surface area (Å²) in [6.45, 7) is 4.04. The van der Waals surface area contributed by atoms with Crippen molar-refractivity contribution in [2.75, 3.05) is 31.7 Å². The van der Waals surface area contributed by atoms with Crippen molar-refractivity contribution in [3.8, 4) is 0 Å². The van der Waals surface area contributed by atoms with E-state index >= 15 is 0 Å². The molecule has 1 aliphatic rings. The number of thioether (sulfide) groups is 1. The monoisotopic (exact) mass is 466 g/mol. The summed E-state index contributed by atoms with van der Waals surface area (Å²) in [4.78, 5) is 45.5. The fourth-order valence-electron chi connectivity index (χ4n) is 3.66. The van der Waals surface area contributed by atoms with Crippen molar-refractivity contribution in [1.29, 1.82) is 0 Å². The summed E-state index contributed by atoms with van der Waals surface area (Å²) in [5.41, 5.74) is 3.68. The molecule has 0 aliphatic carbocycles. The van der Waals surface area contributed by atoms with Gasteiger partial charge in [-0.25, -0.2) is 4.98 Å². The average Bonchev–Trinajstić information content (AvgIpc) is 2.85.